The maximum Gasteiger partial charge on any atom is 0.175 e. The van der Waals surface area contributed by atoms with Gasteiger partial charge in [-0.2, -0.15) is 0 Å². The monoisotopic (exact) mass is 318 g/mol. The molecule has 0 unspecified atom stereocenters. The first-order chi connectivity index (χ1) is 11.5. The molecule has 24 heavy (non-hydrogen) atoms. The standard InChI is InChI=1S/C22H16F2/c1-15-3-7-17(8-4-15)9-12-19-13-14-20(22(24)21(19)23)18-10-5-16(2)6-11-18/h3-8,10-11,13-14H,1-2H3. The molecule has 3 rings (SSSR count). The van der Waals surface area contributed by atoms with Crippen LogP contribution in [-0.2, 0) is 0 Å². The lowest BCUT2D eigenvalue weighted by Crippen LogP contribution is -1.94. The number of halogens is 2. The lowest BCUT2D eigenvalue weighted by molar-refractivity contribution is 0.509. The number of benzene rings is 3. The molecule has 0 amide bonds. The van der Waals surface area contributed by atoms with Gasteiger partial charge < -0.3 is 0 Å². The number of hydrogen-bond donors (Lipinski definition) is 0. The molecule has 0 aliphatic carbocycles. The first-order valence-corrected chi connectivity index (χ1v) is 7.68. The molecule has 2 heteroatoms. The summed E-state index contributed by atoms with van der Waals surface area (Å²) in [6.07, 6.45) is 0. The normalized spacial score (nSPS) is 10.2. The summed E-state index contributed by atoms with van der Waals surface area (Å²) in [6, 6.07) is 18.0. The highest BCUT2D eigenvalue weighted by atomic mass is 19.2. The van der Waals surface area contributed by atoms with Crippen molar-refractivity contribution in [1.82, 2.24) is 0 Å². The van der Waals surface area contributed by atoms with Crippen LogP contribution in [0.2, 0.25) is 0 Å². The van der Waals surface area contributed by atoms with Gasteiger partial charge >= 0.3 is 0 Å². The minimum Gasteiger partial charge on any atom is -0.203 e. The predicted octanol–water partition coefficient (Wildman–Crippen LogP) is 5.65. The summed E-state index contributed by atoms with van der Waals surface area (Å²) in [5, 5.41) is 0. The second-order valence-corrected chi connectivity index (χ2v) is 5.77. The summed E-state index contributed by atoms with van der Waals surface area (Å²) in [4.78, 5) is 0. The van der Waals surface area contributed by atoms with Gasteiger partial charge in [-0.1, -0.05) is 59.4 Å². The average molecular weight is 318 g/mol. The molecule has 0 aliphatic heterocycles. The van der Waals surface area contributed by atoms with Crippen molar-refractivity contribution in [3.8, 4) is 23.0 Å². The van der Waals surface area contributed by atoms with Gasteiger partial charge in [-0.05, 0) is 43.7 Å². The first kappa shape index (κ1) is 16.0. The Kier molecular flexibility index (Phi) is 4.44. The van der Waals surface area contributed by atoms with Crippen LogP contribution >= 0.6 is 0 Å². The van der Waals surface area contributed by atoms with E-state index >= 15 is 0 Å². The van der Waals surface area contributed by atoms with Crippen LogP contribution in [-0.4, -0.2) is 0 Å². The van der Waals surface area contributed by atoms with Gasteiger partial charge in [-0.15, -0.1) is 0 Å². The summed E-state index contributed by atoms with van der Waals surface area (Å²) in [6.45, 7) is 3.93. The molecule has 0 saturated carbocycles. The highest BCUT2D eigenvalue weighted by Gasteiger charge is 2.13. The van der Waals surface area contributed by atoms with Crippen molar-refractivity contribution in [2.24, 2.45) is 0 Å². The summed E-state index contributed by atoms with van der Waals surface area (Å²) in [5.74, 6) is 3.80. The fourth-order valence-corrected chi connectivity index (χ4v) is 2.38. The molecular weight excluding hydrogens is 302 g/mol. The van der Waals surface area contributed by atoms with Crippen molar-refractivity contribution in [3.05, 3.63) is 94.6 Å². The topological polar surface area (TPSA) is 0 Å². The SMILES string of the molecule is Cc1ccc(C#Cc2ccc(-c3ccc(C)cc3)c(F)c2F)cc1. The molecule has 0 radical (unpaired) electrons. The van der Waals surface area contributed by atoms with Gasteiger partial charge in [0.1, 0.15) is 0 Å². The zero-order chi connectivity index (χ0) is 17.1. The third kappa shape index (κ3) is 3.36. The molecule has 0 aliphatic rings. The van der Waals surface area contributed by atoms with Crippen molar-refractivity contribution >= 4 is 0 Å². The Morgan fingerprint density at radius 2 is 1.21 bits per heavy atom. The quantitative estimate of drug-likeness (QED) is 0.509. The Labute approximate surface area is 140 Å². The van der Waals surface area contributed by atoms with Crippen LogP contribution in [0.15, 0.2) is 60.7 Å². The Bertz CT molecular complexity index is 925. The molecule has 3 aromatic rings. The summed E-state index contributed by atoms with van der Waals surface area (Å²) >= 11 is 0. The van der Waals surface area contributed by atoms with Crippen LogP contribution in [0.3, 0.4) is 0 Å². The Hall–Kier alpha value is -2.92. The van der Waals surface area contributed by atoms with Crippen molar-refractivity contribution in [2.75, 3.05) is 0 Å². The van der Waals surface area contributed by atoms with E-state index in [2.05, 4.69) is 11.8 Å². The highest BCUT2D eigenvalue weighted by Crippen LogP contribution is 2.26. The van der Waals surface area contributed by atoms with Gasteiger partial charge in [-0.3, -0.25) is 0 Å². The minimum absolute atomic E-state index is 0.0592. The summed E-state index contributed by atoms with van der Waals surface area (Å²) in [5.41, 5.74) is 3.91. The van der Waals surface area contributed by atoms with E-state index in [9.17, 15) is 8.78 Å². The van der Waals surface area contributed by atoms with Crippen LogP contribution < -0.4 is 0 Å². The maximum absolute atomic E-state index is 14.4. The van der Waals surface area contributed by atoms with Gasteiger partial charge in [-0.25, -0.2) is 8.78 Å². The first-order valence-electron chi connectivity index (χ1n) is 7.68. The largest absolute Gasteiger partial charge is 0.203 e. The van der Waals surface area contributed by atoms with Crippen LogP contribution in [0.5, 0.6) is 0 Å². The average Bonchev–Trinajstić information content (AvgIpc) is 2.59. The third-order valence-electron chi connectivity index (χ3n) is 3.84. The molecule has 0 spiro atoms. The fraction of sp³-hybridized carbons (Fsp3) is 0.0909. The van der Waals surface area contributed by atoms with Crippen molar-refractivity contribution < 1.29 is 8.78 Å². The molecule has 0 bridgehead atoms. The molecule has 0 saturated heterocycles. The molecule has 0 aromatic heterocycles. The minimum atomic E-state index is -0.910. The fourth-order valence-electron chi connectivity index (χ4n) is 2.38. The molecule has 0 atom stereocenters. The second-order valence-electron chi connectivity index (χ2n) is 5.77. The van der Waals surface area contributed by atoms with E-state index in [1.807, 2.05) is 50.2 Å². The highest BCUT2D eigenvalue weighted by molar-refractivity contribution is 5.66. The van der Waals surface area contributed by atoms with E-state index < -0.39 is 11.6 Å². The van der Waals surface area contributed by atoms with Gasteiger partial charge in [0.25, 0.3) is 0 Å². The lowest BCUT2D eigenvalue weighted by atomic mass is 10.0. The Morgan fingerprint density at radius 1 is 0.625 bits per heavy atom. The predicted molar refractivity (Wildman–Crippen MR) is 93.7 cm³/mol. The van der Waals surface area contributed by atoms with E-state index in [1.165, 1.54) is 6.07 Å². The smallest absolute Gasteiger partial charge is 0.175 e. The third-order valence-corrected chi connectivity index (χ3v) is 3.84. The van der Waals surface area contributed by atoms with E-state index in [0.717, 1.165) is 16.7 Å². The molecular formula is C22H16F2. The molecule has 118 valence electrons. The van der Waals surface area contributed by atoms with Crippen molar-refractivity contribution in [1.29, 1.82) is 0 Å². The number of rotatable bonds is 1. The van der Waals surface area contributed by atoms with Crippen molar-refractivity contribution in [3.63, 3.8) is 0 Å². The van der Waals surface area contributed by atoms with Crippen molar-refractivity contribution in [2.45, 2.75) is 13.8 Å². The van der Waals surface area contributed by atoms with Gasteiger partial charge in [0.15, 0.2) is 11.6 Å². The zero-order valence-electron chi connectivity index (χ0n) is 13.5. The number of aryl methyl sites for hydroxylation is 2. The van der Waals surface area contributed by atoms with Gasteiger partial charge in [0.05, 0.1) is 5.56 Å². The number of hydrogen-bond acceptors (Lipinski definition) is 0. The van der Waals surface area contributed by atoms with E-state index in [-0.39, 0.29) is 11.1 Å². The summed E-state index contributed by atoms with van der Waals surface area (Å²) < 4.78 is 28.7. The molecule has 0 fully saturated rings. The van der Waals surface area contributed by atoms with E-state index in [0.29, 0.717) is 5.56 Å². The second kappa shape index (κ2) is 6.68. The van der Waals surface area contributed by atoms with E-state index in [4.69, 9.17) is 0 Å². The Morgan fingerprint density at radius 3 is 1.83 bits per heavy atom. The lowest BCUT2D eigenvalue weighted by Gasteiger charge is -2.06. The van der Waals surface area contributed by atoms with Crippen LogP contribution in [0.4, 0.5) is 8.78 Å². The van der Waals surface area contributed by atoms with Gasteiger partial charge in [0.2, 0.25) is 0 Å². The molecule has 3 aromatic carbocycles. The van der Waals surface area contributed by atoms with Crippen LogP contribution in [0, 0.1) is 37.3 Å². The zero-order valence-corrected chi connectivity index (χ0v) is 13.5. The van der Waals surface area contributed by atoms with E-state index in [1.54, 1.807) is 18.2 Å². The molecule has 0 nitrogen and oxygen atoms in total. The van der Waals surface area contributed by atoms with Crippen LogP contribution in [0.1, 0.15) is 22.3 Å². The maximum atomic E-state index is 14.4. The molecule has 0 N–H and O–H groups in total. The summed E-state index contributed by atoms with van der Waals surface area (Å²) in [7, 11) is 0. The molecule has 0 heterocycles. The van der Waals surface area contributed by atoms with Gasteiger partial charge in [0, 0.05) is 11.1 Å². The Balaban J connectivity index is 1.96. The van der Waals surface area contributed by atoms with Crippen LogP contribution in [0.25, 0.3) is 11.1 Å².